The third-order valence-corrected chi connectivity index (χ3v) is 1.54. The van der Waals surface area contributed by atoms with Crippen LogP contribution in [0.15, 0.2) is 0 Å². The lowest BCUT2D eigenvalue weighted by atomic mass is 10.1. The number of nitrogens with two attached hydrogens (primary N) is 1. The van der Waals surface area contributed by atoms with Crippen molar-refractivity contribution in [2.45, 2.75) is 25.8 Å². The average molecular weight is 158 g/mol. The Morgan fingerprint density at radius 1 is 1.55 bits per heavy atom. The molecule has 2 N–H and O–H groups in total. The van der Waals surface area contributed by atoms with E-state index < -0.39 is 0 Å². The maximum absolute atomic E-state index is 11.0. The zero-order valence-corrected chi connectivity index (χ0v) is 7.63. The summed E-state index contributed by atoms with van der Waals surface area (Å²) >= 11 is 0. The van der Waals surface area contributed by atoms with Crippen LogP contribution in [0.25, 0.3) is 0 Å². The molecule has 0 radical (unpaired) electrons. The highest BCUT2D eigenvalue weighted by Gasteiger charge is 2.06. The lowest BCUT2D eigenvalue weighted by Gasteiger charge is -2.09. The summed E-state index contributed by atoms with van der Waals surface area (Å²) in [7, 11) is 3.99. The molecule has 0 rings (SSSR count). The first-order valence-corrected chi connectivity index (χ1v) is 3.97. The van der Waals surface area contributed by atoms with Crippen molar-refractivity contribution < 1.29 is 4.79 Å². The molecule has 66 valence electrons. The van der Waals surface area contributed by atoms with Gasteiger partial charge in [0.2, 0.25) is 0 Å². The third-order valence-electron chi connectivity index (χ3n) is 1.54. The zero-order chi connectivity index (χ0) is 8.85. The molecule has 0 bridgehead atoms. The van der Waals surface area contributed by atoms with Crippen LogP contribution in [-0.2, 0) is 4.79 Å². The van der Waals surface area contributed by atoms with Gasteiger partial charge in [-0.2, -0.15) is 0 Å². The van der Waals surface area contributed by atoms with Crippen LogP contribution in [0.5, 0.6) is 0 Å². The SMILES string of the molecule is C[C@H](N)C(=O)CCCN(C)C. The van der Waals surface area contributed by atoms with Crippen LogP contribution >= 0.6 is 0 Å². The van der Waals surface area contributed by atoms with E-state index in [0.29, 0.717) is 6.42 Å². The number of nitrogens with zero attached hydrogens (tertiary/aromatic N) is 1. The molecular formula is C8H18N2O. The van der Waals surface area contributed by atoms with Crippen LogP contribution in [0.3, 0.4) is 0 Å². The Balaban J connectivity index is 3.32. The summed E-state index contributed by atoms with van der Waals surface area (Å²) in [6.07, 6.45) is 1.52. The molecule has 0 aromatic rings. The van der Waals surface area contributed by atoms with Crippen LogP contribution in [0, 0.1) is 0 Å². The van der Waals surface area contributed by atoms with Crippen molar-refractivity contribution in [3.05, 3.63) is 0 Å². The van der Waals surface area contributed by atoms with E-state index in [1.165, 1.54) is 0 Å². The van der Waals surface area contributed by atoms with Gasteiger partial charge in [0.15, 0.2) is 0 Å². The van der Waals surface area contributed by atoms with E-state index in [1.54, 1.807) is 6.92 Å². The highest BCUT2D eigenvalue weighted by Crippen LogP contribution is 1.94. The molecule has 1 atom stereocenters. The van der Waals surface area contributed by atoms with E-state index in [9.17, 15) is 4.79 Å². The van der Waals surface area contributed by atoms with Crippen molar-refractivity contribution in [1.29, 1.82) is 0 Å². The van der Waals surface area contributed by atoms with Gasteiger partial charge in [0.25, 0.3) is 0 Å². The molecule has 0 saturated carbocycles. The highest BCUT2D eigenvalue weighted by atomic mass is 16.1. The van der Waals surface area contributed by atoms with E-state index in [1.807, 2.05) is 14.1 Å². The molecule has 0 unspecified atom stereocenters. The molecule has 0 amide bonds. The predicted octanol–water partition coefficient (Wildman–Crippen LogP) is 0.244. The minimum atomic E-state index is -0.294. The van der Waals surface area contributed by atoms with Crippen LogP contribution in [0.4, 0.5) is 0 Å². The van der Waals surface area contributed by atoms with Gasteiger partial charge < -0.3 is 10.6 Å². The van der Waals surface area contributed by atoms with Gasteiger partial charge in [0.1, 0.15) is 5.78 Å². The fraction of sp³-hybridized carbons (Fsp3) is 0.875. The molecule has 0 spiro atoms. The number of rotatable bonds is 5. The maximum atomic E-state index is 11.0. The third kappa shape index (κ3) is 6.01. The Labute approximate surface area is 68.6 Å². The zero-order valence-electron chi connectivity index (χ0n) is 7.63. The van der Waals surface area contributed by atoms with Crippen LogP contribution in [0.2, 0.25) is 0 Å². The quantitative estimate of drug-likeness (QED) is 0.623. The van der Waals surface area contributed by atoms with Gasteiger partial charge in [-0.15, -0.1) is 0 Å². The van der Waals surface area contributed by atoms with Crippen molar-refractivity contribution in [2.24, 2.45) is 5.73 Å². The number of Topliss-reactive ketones (excluding diaryl/α,β-unsaturated/α-hetero) is 1. The Bertz CT molecular complexity index is 121. The summed E-state index contributed by atoms with van der Waals surface area (Å²) in [5.41, 5.74) is 5.39. The fourth-order valence-corrected chi connectivity index (χ4v) is 0.797. The van der Waals surface area contributed by atoms with Gasteiger partial charge in [-0.05, 0) is 34.0 Å². The van der Waals surface area contributed by atoms with E-state index in [4.69, 9.17) is 5.73 Å². The van der Waals surface area contributed by atoms with Crippen molar-refractivity contribution in [1.82, 2.24) is 4.90 Å². The van der Waals surface area contributed by atoms with Gasteiger partial charge in [-0.25, -0.2) is 0 Å². The molecular weight excluding hydrogens is 140 g/mol. The summed E-state index contributed by atoms with van der Waals surface area (Å²) in [6, 6.07) is -0.294. The smallest absolute Gasteiger partial charge is 0.149 e. The van der Waals surface area contributed by atoms with Gasteiger partial charge in [0.05, 0.1) is 6.04 Å². The molecule has 0 aliphatic heterocycles. The Morgan fingerprint density at radius 2 is 2.09 bits per heavy atom. The summed E-state index contributed by atoms with van der Waals surface area (Å²) in [5.74, 6) is 0.159. The van der Waals surface area contributed by atoms with Crippen LogP contribution in [0.1, 0.15) is 19.8 Å². The fourth-order valence-electron chi connectivity index (χ4n) is 0.797. The Morgan fingerprint density at radius 3 is 2.45 bits per heavy atom. The summed E-state index contributed by atoms with van der Waals surface area (Å²) in [5, 5.41) is 0. The van der Waals surface area contributed by atoms with Gasteiger partial charge in [-0.1, -0.05) is 0 Å². The first-order valence-electron chi connectivity index (χ1n) is 3.97. The van der Waals surface area contributed by atoms with Crippen molar-refractivity contribution in [3.63, 3.8) is 0 Å². The largest absolute Gasteiger partial charge is 0.322 e. The molecule has 0 saturated heterocycles. The monoisotopic (exact) mass is 158 g/mol. The Hall–Kier alpha value is -0.410. The molecule has 3 nitrogen and oxygen atoms in total. The standard InChI is InChI=1S/C8H18N2O/c1-7(9)8(11)5-4-6-10(2)3/h7H,4-6,9H2,1-3H3/t7-/m0/s1. The molecule has 0 aliphatic carbocycles. The lowest BCUT2D eigenvalue weighted by molar-refractivity contribution is -0.120. The van der Waals surface area contributed by atoms with Crippen LogP contribution < -0.4 is 5.73 Å². The molecule has 11 heavy (non-hydrogen) atoms. The first kappa shape index (κ1) is 10.6. The second-order valence-corrected chi connectivity index (χ2v) is 3.16. The number of hydrogen-bond acceptors (Lipinski definition) is 3. The van der Waals surface area contributed by atoms with E-state index in [-0.39, 0.29) is 11.8 Å². The Kier molecular flexibility index (Phi) is 5.07. The molecule has 0 fully saturated rings. The molecule has 0 aromatic carbocycles. The number of hydrogen-bond donors (Lipinski definition) is 1. The summed E-state index contributed by atoms with van der Waals surface area (Å²) < 4.78 is 0. The second kappa shape index (κ2) is 5.27. The normalized spacial score (nSPS) is 13.5. The molecule has 3 heteroatoms. The predicted molar refractivity (Wildman–Crippen MR) is 46.4 cm³/mol. The van der Waals surface area contributed by atoms with Crippen molar-refractivity contribution in [3.8, 4) is 0 Å². The minimum absolute atomic E-state index is 0.159. The molecule has 0 aliphatic rings. The van der Waals surface area contributed by atoms with Gasteiger partial charge >= 0.3 is 0 Å². The van der Waals surface area contributed by atoms with E-state index >= 15 is 0 Å². The highest BCUT2D eigenvalue weighted by molar-refractivity contribution is 5.83. The minimum Gasteiger partial charge on any atom is -0.322 e. The van der Waals surface area contributed by atoms with Crippen LogP contribution in [-0.4, -0.2) is 37.4 Å². The van der Waals surface area contributed by atoms with Crippen molar-refractivity contribution in [2.75, 3.05) is 20.6 Å². The van der Waals surface area contributed by atoms with Gasteiger partial charge in [-0.3, -0.25) is 4.79 Å². The van der Waals surface area contributed by atoms with E-state index in [0.717, 1.165) is 13.0 Å². The molecule has 0 aromatic heterocycles. The maximum Gasteiger partial charge on any atom is 0.149 e. The topological polar surface area (TPSA) is 46.3 Å². The second-order valence-electron chi connectivity index (χ2n) is 3.16. The lowest BCUT2D eigenvalue weighted by Crippen LogP contribution is -2.27. The van der Waals surface area contributed by atoms with E-state index in [2.05, 4.69) is 4.90 Å². The number of carbonyl (C=O) groups excluding carboxylic acids is 1. The first-order chi connectivity index (χ1) is 5.04. The average Bonchev–Trinajstić information content (AvgIpc) is 1.86. The number of ketones is 1. The number of carbonyl (C=O) groups is 1. The van der Waals surface area contributed by atoms with Crippen molar-refractivity contribution >= 4 is 5.78 Å². The summed E-state index contributed by atoms with van der Waals surface area (Å²) in [4.78, 5) is 13.0. The molecule has 0 heterocycles. The summed E-state index contributed by atoms with van der Waals surface area (Å²) in [6.45, 7) is 2.69. The van der Waals surface area contributed by atoms with Gasteiger partial charge in [0, 0.05) is 6.42 Å².